The van der Waals surface area contributed by atoms with E-state index in [2.05, 4.69) is 4.74 Å². The van der Waals surface area contributed by atoms with Crippen molar-refractivity contribution in [1.82, 2.24) is 9.80 Å². The monoisotopic (exact) mass is 370 g/mol. The fraction of sp³-hybridized carbons (Fsp3) is 0.444. The van der Waals surface area contributed by atoms with Crippen LogP contribution < -0.4 is 4.74 Å². The molecule has 5 nitrogen and oxygen atoms in total. The van der Waals surface area contributed by atoms with Gasteiger partial charge in [0.2, 0.25) is 11.8 Å². The predicted octanol–water partition coefficient (Wildman–Crippen LogP) is 2.93. The molecule has 0 aliphatic carbocycles. The molecule has 1 saturated heterocycles. The minimum atomic E-state index is -4.73. The SMILES string of the molecule is CC(C)C(=O)N1CCN(C(=O)/C=C/c2ccc(OC(F)(F)F)cc2)CC1. The lowest BCUT2D eigenvalue weighted by molar-refractivity contribution is -0.274. The van der Waals surface area contributed by atoms with Crippen molar-refractivity contribution < 1.29 is 27.5 Å². The van der Waals surface area contributed by atoms with Crippen LogP contribution >= 0.6 is 0 Å². The maximum Gasteiger partial charge on any atom is 0.573 e. The molecule has 1 heterocycles. The maximum absolute atomic E-state index is 12.2. The van der Waals surface area contributed by atoms with E-state index in [0.29, 0.717) is 31.7 Å². The smallest absolute Gasteiger partial charge is 0.406 e. The molecule has 0 N–H and O–H groups in total. The molecule has 1 aliphatic heterocycles. The van der Waals surface area contributed by atoms with Gasteiger partial charge in [0.15, 0.2) is 0 Å². The number of halogens is 3. The first kappa shape index (κ1) is 19.8. The first-order valence-corrected chi connectivity index (χ1v) is 8.27. The Balaban J connectivity index is 1.87. The number of carbonyl (C=O) groups excluding carboxylic acids is 2. The van der Waals surface area contributed by atoms with Crippen molar-refractivity contribution in [2.24, 2.45) is 5.92 Å². The summed E-state index contributed by atoms with van der Waals surface area (Å²) >= 11 is 0. The molecular weight excluding hydrogens is 349 g/mol. The van der Waals surface area contributed by atoms with Crippen LogP contribution in [0.4, 0.5) is 13.2 Å². The van der Waals surface area contributed by atoms with Gasteiger partial charge in [0, 0.05) is 38.2 Å². The molecule has 0 unspecified atom stereocenters. The molecule has 0 saturated carbocycles. The Morgan fingerprint density at radius 2 is 1.58 bits per heavy atom. The Morgan fingerprint density at radius 3 is 2.08 bits per heavy atom. The second-order valence-corrected chi connectivity index (χ2v) is 6.26. The minimum absolute atomic E-state index is 0.0681. The first-order valence-electron chi connectivity index (χ1n) is 8.27. The fourth-order valence-electron chi connectivity index (χ4n) is 2.57. The third-order valence-corrected chi connectivity index (χ3v) is 3.93. The van der Waals surface area contributed by atoms with E-state index in [1.54, 1.807) is 9.80 Å². The summed E-state index contributed by atoms with van der Waals surface area (Å²) in [5, 5.41) is 0. The highest BCUT2D eigenvalue weighted by atomic mass is 19.4. The number of hydrogen-bond acceptors (Lipinski definition) is 3. The lowest BCUT2D eigenvalue weighted by Crippen LogP contribution is -2.51. The summed E-state index contributed by atoms with van der Waals surface area (Å²) in [5.41, 5.74) is 0.585. The van der Waals surface area contributed by atoms with Gasteiger partial charge in [0.1, 0.15) is 5.75 Å². The zero-order valence-electron chi connectivity index (χ0n) is 14.6. The number of carbonyl (C=O) groups is 2. The molecule has 0 bridgehead atoms. The van der Waals surface area contributed by atoms with E-state index in [4.69, 9.17) is 0 Å². The normalized spacial score (nSPS) is 15.6. The predicted molar refractivity (Wildman–Crippen MR) is 90.2 cm³/mol. The number of ether oxygens (including phenoxy) is 1. The van der Waals surface area contributed by atoms with Gasteiger partial charge in [-0.05, 0) is 23.8 Å². The molecule has 1 aromatic rings. The van der Waals surface area contributed by atoms with E-state index in [1.807, 2.05) is 13.8 Å². The molecule has 1 aliphatic rings. The van der Waals surface area contributed by atoms with E-state index in [9.17, 15) is 22.8 Å². The van der Waals surface area contributed by atoms with Crippen LogP contribution in [0, 0.1) is 5.92 Å². The molecule has 1 aromatic carbocycles. The molecule has 1 fully saturated rings. The van der Waals surface area contributed by atoms with Crippen molar-refractivity contribution in [1.29, 1.82) is 0 Å². The number of rotatable bonds is 4. The molecule has 0 aromatic heterocycles. The van der Waals surface area contributed by atoms with E-state index in [1.165, 1.54) is 36.4 Å². The van der Waals surface area contributed by atoms with E-state index in [-0.39, 0.29) is 23.5 Å². The van der Waals surface area contributed by atoms with Crippen molar-refractivity contribution in [3.05, 3.63) is 35.9 Å². The summed E-state index contributed by atoms with van der Waals surface area (Å²) in [7, 11) is 0. The van der Waals surface area contributed by atoms with Gasteiger partial charge in [0.25, 0.3) is 0 Å². The van der Waals surface area contributed by atoms with Gasteiger partial charge >= 0.3 is 6.36 Å². The number of hydrogen-bond donors (Lipinski definition) is 0. The highest BCUT2D eigenvalue weighted by Crippen LogP contribution is 2.23. The molecule has 26 heavy (non-hydrogen) atoms. The average molecular weight is 370 g/mol. The summed E-state index contributed by atoms with van der Waals surface area (Å²) in [4.78, 5) is 27.5. The number of amides is 2. The zero-order valence-corrected chi connectivity index (χ0v) is 14.6. The molecule has 2 rings (SSSR count). The van der Waals surface area contributed by atoms with Crippen LogP contribution in [0.15, 0.2) is 30.3 Å². The molecule has 0 atom stereocenters. The topological polar surface area (TPSA) is 49.9 Å². The van der Waals surface area contributed by atoms with Crippen molar-refractivity contribution in [2.45, 2.75) is 20.2 Å². The second kappa shape index (κ2) is 8.25. The molecule has 142 valence electrons. The molecule has 0 spiro atoms. The van der Waals surface area contributed by atoms with Crippen LogP contribution in [0.5, 0.6) is 5.75 Å². The van der Waals surface area contributed by atoms with Crippen molar-refractivity contribution in [3.8, 4) is 5.75 Å². The van der Waals surface area contributed by atoms with Crippen LogP contribution in [-0.4, -0.2) is 54.2 Å². The Labute approximate surface area is 150 Å². The summed E-state index contributed by atoms with van der Waals surface area (Å²) in [6.45, 7) is 5.60. The fourth-order valence-corrected chi connectivity index (χ4v) is 2.57. The largest absolute Gasteiger partial charge is 0.573 e. The lowest BCUT2D eigenvalue weighted by Gasteiger charge is -2.35. The molecular formula is C18H21F3N2O3. The van der Waals surface area contributed by atoms with E-state index in [0.717, 1.165) is 0 Å². The summed E-state index contributed by atoms with van der Waals surface area (Å²) < 4.78 is 40.1. The van der Waals surface area contributed by atoms with E-state index < -0.39 is 6.36 Å². The van der Waals surface area contributed by atoms with Crippen LogP contribution in [0.1, 0.15) is 19.4 Å². The number of benzene rings is 1. The Morgan fingerprint density at radius 1 is 1.04 bits per heavy atom. The zero-order chi connectivity index (χ0) is 19.3. The number of nitrogens with zero attached hydrogens (tertiary/aromatic N) is 2. The molecule has 0 radical (unpaired) electrons. The van der Waals surface area contributed by atoms with Crippen molar-refractivity contribution in [3.63, 3.8) is 0 Å². The molecule has 2 amide bonds. The van der Waals surface area contributed by atoms with Crippen LogP contribution in [0.2, 0.25) is 0 Å². The first-order chi connectivity index (χ1) is 12.2. The van der Waals surface area contributed by atoms with E-state index >= 15 is 0 Å². The van der Waals surface area contributed by atoms with Crippen LogP contribution in [0.3, 0.4) is 0 Å². The number of alkyl halides is 3. The van der Waals surface area contributed by atoms with Gasteiger partial charge in [0.05, 0.1) is 0 Å². The van der Waals surface area contributed by atoms with Crippen LogP contribution in [0.25, 0.3) is 6.08 Å². The quantitative estimate of drug-likeness (QED) is 0.766. The van der Waals surface area contributed by atoms with Gasteiger partial charge in [-0.2, -0.15) is 0 Å². The van der Waals surface area contributed by atoms with Gasteiger partial charge in [-0.25, -0.2) is 0 Å². The van der Waals surface area contributed by atoms with Gasteiger partial charge in [-0.15, -0.1) is 13.2 Å². The van der Waals surface area contributed by atoms with Crippen LogP contribution in [-0.2, 0) is 9.59 Å². The lowest BCUT2D eigenvalue weighted by atomic mass is 10.1. The third kappa shape index (κ3) is 5.79. The Hall–Kier alpha value is -2.51. The summed E-state index contributed by atoms with van der Waals surface area (Å²) in [6, 6.07) is 5.25. The highest BCUT2D eigenvalue weighted by molar-refractivity contribution is 5.92. The van der Waals surface area contributed by atoms with Gasteiger partial charge < -0.3 is 14.5 Å². The molecule has 8 heteroatoms. The Bertz CT molecular complexity index is 661. The standard InChI is InChI=1S/C18H21F3N2O3/c1-13(2)17(25)23-11-9-22(10-12-23)16(24)8-5-14-3-6-15(7-4-14)26-18(19,20)21/h3-8,13H,9-12H2,1-2H3/b8-5+. The summed E-state index contributed by atoms with van der Waals surface area (Å²) in [6.07, 6.45) is -1.82. The highest BCUT2D eigenvalue weighted by Gasteiger charge is 2.31. The van der Waals surface area contributed by atoms with Crippen molar-refractivity contribution >= 4 is 17.9 Å². The third-order valence-electron chi connectivity index (χ3n) is 3.93. The van der Waals surface area contributed by atoms with Crippen molar-refractivity contribution in [2.75, 3.05) is 26.2 Å². The Kier molecular flexibility index (Phi) is 6.28. The van der Waals surface area contributed by atoms with Gasteiger partial charge in [-0.3, -0.25) is 9.59 Å². The minimum Gasteiger partial charge on any atom is -0.406 e. The second-order valence-electron chi connectivity index (χ2n) is 6.26. The number of piperazine rings is 1. The summed E-state index contributed by atoms with van der Waals surface area (Å²) in [5.74, 6) is -0.501. The average Bonchev–Trinajstić information content (AvgIpc) is 2.59. The van der Waals surface area contributed by atoms with Gasteiger partial charge in [-0.1, -0.05) is 26.0 Å². The maximum atomic E-state index is 12.2.